The summed E-state index contributed by atoms with van der Waals surface area (Å²) in [4.78, 5) is 4.15. The van der Waals surface area contributed by atoms with Crippen LogP contribution in [0.15, 0.2) is 34.6 Å². The van der Waals surface area contributed by atoms with Crippen LogP contribution in [-0.4, -0.2) is 14.8 Å². The number of aromatic nitrogens is 3. The fourth-order valence-electron chi connectivity index (χ4n) is 1.13. The standard InChI is InChI=1S/C7H5N5/c1-2-4-8-5(3-1)12-7-6(11-12)9-10-7/h1-4H,(H,9,11). The second kappa shape index (κ2) is 1.82. The molecular formula is C7H5N5. The van der Waals surface area contributed by atoms with Gasteiger partial charge in [-0.15, -0.1) is 10.2 Å². The number of hydrogen-bond donors (Lipinski definition) is 1. The lowest BCUT2D eigenvalue weighted by atomic mass is 10.4. The van der Waals surface area contributed by atoms with Crippen molar-refractivity contribution < 1.29 is 0 Å². The maximum Gasteiger partial charge on any atom is 0.222 e. The summed E-state index contributed by atoms with van der Waals surface area (Å²) in [6.07, 6.45) is 1.74. The molecule has 0 saturated carbocycles. The first-order valence-electron chi connectivity index (χ1n) is 3.59. The highest BCUT2D eigenvalue weighted by molar-refractivity contribution is 5.61. The van der Waals surface area contributed by atoms with Gasteiger partial charge in [-0.2, -0.15) is 0 Å². The van der Waals surface area contributed by atoms with Crippen LogP contribution in [0.4, 0.5) is 11.6 Å². The van der Waals surface area contributed by atoms with Crippen LogP contribution in [0.1, 0.15) is 0 Å². The van der Waals surface area contributed by atoms with Gasteiger partial charge in [0.25, 0.3) is 0 Å². The van der Waals surface area contributed by atoms with Gasteiger partial charge in [-0.05, 0) is 12.1 Å². The van der Waals surface area contributed by atoms with Gasteiger partial charge in [-0.1, -0.05) is 6.07 Å². The van der Waals surface area contributed by atoms with E-state index >= 15 is 0 Å². The van der Waals surface area contributed by atoms with Crippen LogP contribution in [0, 0.1) is 0 Å². The summed E-state index contributed by atoms with van der Waals surface area (Å²) in [5.74, 6) is 2.56. The molecule has 0 radical (unpaired) electrons. The lowest BCUT2D eigenvalue weighted by molar-refractivity contribution is 0.716. The number of fused-ring (bicyclic) bond motifs is 1. The third-order valence-electron chi connectivity index (χ3n) is 1.76. The van der Waals surface area contributed by atoms with E-state index in [-0.39, 0.29) is 0 Å². The van der Waals surface area contributed by atoms with Crippen LogP contribution >= 0.6 is 0 Å². The van der Waals surface area contributed by atoms with Crippen LogP contribution in [-0.2, 0) is 0 Å². The molecule has 2 aromatic rings. The number of pyridine rings is 1. The van der Waals surface area contributed by atoms with Gasteiger partial charge in [0.15, 0.2) is 5.82 Å². The molecule has 1 aliphatic heterocycles. The Morgan fingerprint density at radius 3 is 2.75 bits per heavy atom. The Kier molecular flexibility index (Phi) is 0.864. The molecule has 0 unspecified atom stereocenters. The number of aromatic amines is 1. The van der Waals surface area contributed by atoms with Gasteiger partial charge in [0.1, 0.15) is 0 Å². The fourth-order valence-corrected chi connectivity index (χ4v) is 1.13. The van der Waals surface area contributed by atoms with Gasteiger partial charge in [-0.25, -0.2) is 9.67 Å². The molecule has 0 fully saturated rings. The number of H-pyrrole nitrogens is 1. The lowest BCUT2D eigenvalue weighted by Gasteiger charge is -2.19. The topological polar surface area (TPSA) is 58.3 Å². The molecule has 5 nitrogen and oxygen atoms in total. The normalized spacial score (nSPS) is 12.7. The molecule has 0 spiro atoms. The summed E-state index contributed by atoms with van der Waals surface area (Å²) in [6.45, 7) is 0. The molecule has 12 heavy (non-hydrogen) atoms. The maximum absolute atomic E-state index is 4.15. The van der Waals surface area contributed by atoms with Crippen molar-refractivity contribution in [2.24, 2.45) is 10.2 Å². The second-order valence-corrected chi connectivity index (χ2v) is 2.51. The SMILES string of the molecule is c1ccc(-n2[nH]c3c2N=N3)nc1. The van der Waals surface area contributed by atoms with Crippen molar-refractivity contribution in [3.63, 3.8) is 0 Å². The predicted molar refractivity (Wildman–Crippen MR) is 42.1 cm³/mol. The minimum Gasteiger partial charge on any atom is -0.269 e. The largest absolute Gasteiger partial charge is 0.269 e. The Hall–Kier alpha value is -1.91. The smallest absolute Gasteiger partial charge is 0.222 e. The van der Waals surface area contributed by atoms with Gasteiger partial charge < -0.3 is 0 Å². The summed E-state index contributed by atoms with van der Waals surface area (Å²) < 4.78 is 1.79. The summed E-state index contributed by atoms with van der Waals surface area (Å²) in [5, 5.41) is 10.5. The average Bonchev–Trinajstić information content (AvgIpc) is 2.11. The number of nitrogens with one attached hydrogen (secondary N) is 1. The van der Waals surface area contributed by atoms with Gasteiger partial charge in [0, 0.05) is 6.20 Å². The maximum atomic E-state index is 4.15. The molecule has 0 bridgehead atoms. The summed E-state index contributed by atoms with van der Waals surface area (Å²) >= 11 is 0. The Bertz CT molecular complexity index is 436. The Morgan fingerprint density at radius 1 is 1.25 bits per heavy atom. The molecule has 3 heterocycles. The van der Waals surface area contributed by atoms with Crippen LogP contribution in [0.25, 0.3) is 5.82 Å². The fraction of sp³-hybridized carbons (Fsp3) is 0. The quantitative estimate of drug-likeness (QED) is 0.579. The molecule has 1 aliphatic rings. The second-order valence-electron chi connectivity index (χ2n) is 2.51. The number of nitrogens with zero attached hydrogens (tertiary/aromatic N) is 4. The average molecular weight is 159 g/mol. The first-order valence-corrected chi connectivity index (χ1v) is 3.59. The molecular weight excluding hydrogens is 154 g/mol. The van der Waals surface area contributed by atoms with E-state index in [1.165, 1.54) is 0 Å². The predicted octanol–water partition coefficient (Wildman–Crippen LogP) is 1.93. The Morgan fingerprint density at radius 2 is 2.25 bits per heavy atom. The zero-order valence-electron chi connectivity index (χ0n) is 6.10. The van der Waals surface area contributed by atoms with Gasteiger partial charge in [0.05, 0.1) is 0 Å². The van der Waals surface area contributed by atoms with Gasteiger partial charge in [0.2, 0.25) is 11.6 Å². The van der Waals surface area contributed by atoms with Crippen molar-refractivity contribution >= 4 is 11.6 Å². The molecule has 0 amide bonds. The van der Waals surface area contributed by atoms with Crippen molar-refractivity contribution in [3.05, 3.63) is 24.4 Å². The summed E-state index contributed by atoms with van der Waals surface area (Å²) in [7, 11) is 0. The highest BCUT2D eigenvalue weighted by Crippen LogP contribution is 2.39. The molecule has 58 valence electrons. The monoisotopic (exact) mass is 159 g/mol. The molecule has 0 aromatic carbocycles. The molecule has 5 heteroatoms. The zero-order chi connectivity index (χ0) is 7.97. The van der Waals surface area contributed by atoms with Crippen molar-refractivity contribution in [1.29, 1.82) is 0 Å². The van der Waals surface area contributed by atoms with E-state index in [4.69, 9.17) is 0 Å². The van der Waals surface area contributed by atoms with Gasteiger partial charge >= 0.3 is 0 Å². The van der Waals surface area contributed by atoms with Gasteiger partial charge in [-0.3, -0.25) is 5.10 Å². The summed E-state index contributed by atoms with van der Waals surface area (Å²) in [6, 6.07) is 5.71. The first kappa shape index (κ1) is 5.70. The van der Waals surface area contributed by atoms with Crippen molar-refractivity contribution in [2.45, 2.75) is 0 Å². The number of hydrogen-bond acceptors (Lipinski definition) is 3. The molecule has 0 atom stereocenters. The van der Waals surface area contributed by atoms with E-state index in [2.05, 4.69) is 20.3 Å². The highest BCUT2D eigenvalue weighted by Gasteiger charge is 2.21. The van der Waals surface area contributed by atoms with Crippen molar-refractivity contribution in [3.8, 4) is 5.82 Å². The molecule has 1 N–H and O–H groups in total. The van der Waals surface area contributed by atoms with E-state index in [1.807, 2.05) is 18.2 Å². The number of rotatable bonds is 1. The number of azo groups is 1. The van der Waals surface area contributed by atoms with E-state index in [9.17, 15) is 0 Å². The molecule has 0 saturated heterocycles. The van der Waals surface area contributed by atoms with E-state index in [1.54, 1.807) is 10.9 Å². The van der Waals surface area contributed by atoms with Crippen LogP contribution in [0.5, 0.6) is 0 Å². The van der Waals surface area contributed by atoms with Crippen LogP contribution in [0.2, 0.25) is 0 Å². The minimum absolute atomic E-state index is 0.843. The Labute approximate surface area is 67.7 Å². The highest BCUT2D eigenvalue weighted by atomic mass is 15.5. The van der Waals surface area contributed by atoms with E-state index in [0.717, 1.165) is 17.5 Å². The first-order chi connectivity index (χ1) is 5.95. The molecule has 3 rings (SSSR count). The van der Waals surface area contributed by atoms with Crippen LogP contribution in [0.3, 0.4) is 0 Å². The third kappa shape index (κ3) is 0.554. The van der Waals surface area contributed by atoms with Crippen LogP contribution < -0.4 is 0 Å². The lowest BCUT2D eigenvalue weighted by Crippen LogP contribution is -2.11. The van der Waals surface area contributed by atoms with E-state index in [0.29, 0.717) is 0 Å². The van der Waals surface area contributed by atoms with Crippen molar-refractivity contribution in [1.82, 2.24) is 14.8 Å². The molecule has 2 aromatic heterocycles. The zero-order valence-corrected chi connectivity index (χ0v) is 6.10. The third-order valence-corrected chi connectivity index (χ3v) is 1.76. The molecule has 0 aliphatic carbocycles. The van der Waals surface area contributed by atoms with E-state index < -0.39 is 0 Å². The Balaban J connectivity index is 2.09. The van der Waals surface area contributed by atoms with Crippen molar-refractivity contribution in [2.75, 3.05) is 0 Å². The minimum atomic E-state index is 0.843. The summed E-state index contributed by atoms with van der Waals surface area (Å²) in [5.41, 5.74) is 0.